The number of nitrogens with zero attached hydrogens (tertiary/aromatic N) is 2. The Balaban J connectivity index is 2.38. The van der Waals surface area contributed by atoms with Crippen LogP contribution in [0, 0.1) is 0 Å². The van der Waals surface area contributed by atoms with Gasteiger partial charge in [0.1, 0.15) is 0 Å². The molecule has 1 aliphatic carbocycles. The topological polar surface area (TPSA) is 15.6 Å². The number of hydrogen-bond acceptors (Lipinski definition) is 2. The fourth-order valence-corrected chi connectivity index (χ4v) is 2.71. The fraction of sp³-hybridized carbons (Fsp3) is 0.421. The van der Waals surface area contributed by atoms with Crippen molar-refractivity contribution in [1.82, 2.24) is 4.90 Å². The Morgan fingerprint density at radius 3 is 2.71 bits per heavy atom. The molecule has 21 heavy (non-hydrogen) atoms. The Morgan fingerprint density at radius 2 is 2.00 bits per heavy atom. The third kappa shape index (κ3) is 3.63. The van der Waals surface area contributed by atoms with Crippen molar-refractivity contribution < 1.29 is 0 Å². The fourth-order valence-electron chi connectivity index (χ4n) is 2.71. The molecule has 0 amide bonds. The summed E-state index contributed by atoms with van der Waals surface area (Å²) >= 11 is 0. The molecule has 0 aromatic heterocycles. The molecular formula is C19H26N2. The van der Waals surface area contributed by atoms with Crippen molar-refractivity contribution in [2.24, 2.45) is 4.99 Å². The van der Waals surface area contributed by atoms with E-state index in [0.29, 0.717) is 0 Å². The van der Waals surface area contributed by atoms with Crippen molar-refractivity contribution >= 4 is 11.3 Å². The summed E-state index contributed by atoms with van der Waals surface area (Å²) in [7, 11) is 4.21. The molecular weight excluding hydrogens is 256 g/mol. The van der Waals surface area contributed by atoms with Crippen molar-refractivity contribution in [3.05, 3.63) is 53.2 Å². The third-order valence-electron chi connectivity index (χ3n) is 3.89. The van der Waals surface area contributed by atoms with Gasteiger partial charge in [0.15, 0.2) is 0 Å². The molecule has 0 atom stereocenters. The number of allylic oxidation sites excluding steroid dienone is 3. The minimum atomic E-state index is 0.925. The molecule has 1 aromatic rings. The summed E-state index contributed by atoms with van der Waals surface area (Å²) in [5, 5.41) is 0. The maximum atomic E-state index is 4.75. The first-order valence-corrected chi connectivity index (χ1v) is 7.83. The molecule has 0 fully saturated rings. The van der Waals surface area contributed by atoms with Gasteiger partial charge in [0, 0.05) is 37.6 Å². The zero-order valence-electron chi connectivity index (χ0n) is 13.7. The van der Waals surface area contributed by atoms with Crippen molar-refractivity contribution in [3.8, 4) is 0 Å². The normalized spacial score (nSPS) is 15.0. The predicted octanol–water partition coefficient (Wildman–Crippen LogP) is 4.53. The summed E-state index contributed by atoms with van der Waals surface area (Å²) in [5.74, 6) is 0. The van der Waals surface area contributed by atoms with Gasteiger partial charge >= 0.3 is 0 Å². The van der Waals surface area contributed by atoms with Crippen LogP contribution in [-0.2, 0) is 0 Å². The van der Waals surface area contributed by atoms with E-state index in [2.05, 4.69) is 69.3 Å². The van der Waals surface area contributed by atoms with Crippen molar-refractivity contribution in [1.29, 1.82) is 0 Å². The first kappa shape index (κ1) is 15.6. The summed E-state index contributed by atoms with van der Waals surface area (Å²) in [6.45, 7) is 5.26. The van der Waals surface area contributed by atoms with Crippen LogP contribution in [0.3, 0.4) is 0 Å². The smallest absolute Gasteiger partial charge is 0.0399 e. The lowest BCUT2D eigenvalue weighted by Gasteiger charge is -2.18. The lowest BCUT2D eigenvalue weighted by atomic mass is 9.95. The van der Waals surface area contributed by atoms with E-state index in [0.717, 1.165) is 25.1 Å². The monoisotopic (exact) mass is 282 g/mol. The van der Waals surface area contributed by atoms with E-state index in [-0.39, 0.29) is 0 Å². The summed E-state index contributed by atoms with van der Waals surface area (Å²) in [4.78, 5) is 6.94. The summed E-state index contributed by atoms with van der Waals surface area (Å²) in [6, 6.07) is 8.64. The minimum Gasteiger partial charge on any atom is -0.377 e. The number of likely N-dealkylation sites (N-methyl/N-ethyl adjacent to an activating group) is 1. The Hall–Kier alpha value is -1.83. The second-order valence-corrected chi connectivity index (χ2v) is 5.73. The van der Waals surface area contributed by atoms with Gasteiger partial charge in [-0.05, 0) is 37.0 Å². The van der Waals surface area contributed by atoms with Gasteiger partial charge in [-0.25, -0.2) is 0 Å². The Kier molecular flexibility index (Phi) is 5.38. The van der Waals surface area contributed by atoms with Crippen LogP contribution < -0.4 is 0 Å². The molecule has 0 aliphatic heterocycles. The molecule has 0 saturated carbocycles. The van der Waals surface area contributed by atoms with E-state index in [1.54, 1.807) is 0 Å². The van der Waals surface area contributed by atoms with Crippen LogP contribution in [0.15, 0.2) is 47.1 Å². The van der Waals surface area contributed by atoms with Crippen LogP contribution >= 0.6 is 0 Å². The molecule has 1 aliphatic rings. The van der Waals surface area contributed by atoms with E-state index >= 15 is 0 Å². The highest BCUT2D eigenvalue weighted by Gasteiger charge is 2.16. The average molecular weight is 282 g/mol. The molecule has 112 valence electrons. The highest BCUT2D eigenvalue weighted by Crippen LogP contribution is 2.32. The molecule has 1 aromatic carbocycles. The largest absolute Gasteiger partial charge is 0.377 e. The van der Waals surface area contributed by atoms with Crippen molar-refractivity contribution in [2.45, 2.75) is 33.1 Å². The molecule has 0 spiro atoms. The molecule has 2 nitrogen and oxygen atoms in total. The molecule has 0 saturated heterocycles. The Labute approximate surface area is 128 Å². The van der Waals surface area contributed by atoms with Gasteiger partial charge in [-0.1, -0.05) is 43.7 Å². The lowest BCUT2D eigenvalue weighted by molar-refractivity contribution is 0.533. The summed E-state index contributed by atoms with van der Waals surface area (Å²) in [5.41, 5.74) is 6.46. The molecule has 0 heterocycles. The second-order valence-electron chi connectivity index (χ2n) is 5.73. The van der Waals surface area contributed by atoms with Gasteiger partial charge in [0.2, 0.25) is 0 Å². The Bertz CT molecular complexity index is 577. The number of aliphatic imine (C=N–C) groups is 1. The van der Waals surface area contributed by atoms with Crippen molar-refractivity contribution in [2.75, 3.05) is 20.6 Å². The number of benzene rings is 1. The van der Waals surface area contributed by atoms with E-state index in [1.807, 2.05) is 0 Å². The van der Waals surface area contributed by atoms with E-state index in [9.17, 15) is 0 Å². The maximum Gasteiger partial charge on any atom is 0.0399 e. The Morgan fingerprint density at radius 1 is 1.24 bits per heavy atom. The van der Waals surface area contributed by atoms with Gasteiger partial charge in [-0.2, -0.15) is 0 Å². The standard InChI is InChI=1S/C19H26N2/c1-5-6-14-20-15(2)16-10-7-8-11-17(16)18-12-9-13-19(18)21(3)4/h7-11,13H,5-6,12,14H2,1-4H3/b20-15+. The van der Waals surface area contributed by atoms with Crippen LogP contribution in [0.1, 0.15) is 44.2 Å². The van der Waals surface area contributed by atoms with Crippen LogP contribution in [0.4, 0.5) is 0 Å². The van der Waals surface area contributed by atoms with Crippen LogP contribution in [0.25, 0.3) is 5.57 Å². The zero-order chi connectivity index (χ0) is 15.2. The molecule has 0 unspecified atom stereocenters. The van der Waals surface area contributed by atoms with Crippen LogP contribution in [0.2, 0.25) is 0 Å². The van der Waals surface area contributed by atoms with E-state index in [4.69, 9.17) is 4.99 Å². The molecule has 0 radical (unpaired) electrons. The first-order chi connectivity index (χ1) is 10.1. The van der Waals surface area contributed by atoms with Gasteiger partial charge in [-0.15, -0.1) is 0 Å². The number of hydrogen-bond donors (Lipinski definition) is 0. The highest BCUT2D eigenvalue weighted by molar-refractivity contribution is 6.03. The molecule has 0 N–H and O–H groups in total. The SMILES string of the molecule is CCCC/N=C(\C)c1ccccc1C1=C(N(C)C)C=CC1. The number of rotatable bonds is 6. The predicted molar refractivity (Wildman–Crippen MR) is 92.8 cm³/mol. The molecule has 2 heteroatoms. The quantitative estimate of drug-likeness (QED) is 0.553. The highest BCUT2D eigenvalue weighted by atomic mass is 15.1. The first-order valence-electron chi connectivity index (χ1n) is 7.83. The molecule has 0 bridgehead atoms. The summed E-state index contributed by atoms with van der Waals surface area (Å²) in [6.07, 6.45) is 7.82. The average Bonchev–Trinajstić information content (AvgIpc) is 2.97. The maximum absolute atomic E-state index is 4.75. The van der Waals surface area contributed by atoms with Gasteiger partial charge in [0.25, 0.3) is 0 Å². The summed E-state index contributed by atoms with van der Waals surface area (Å²) < 4.78 is 0. The van der Waals surface area contributed by atoms with Crippen LogP contribution in [0.5, 0.6) is 0 Å². The zero-order valence-corrected chi connectivity index (χ0v) is 13.7. The van der Waals surface area contributed by atoms with Crippen LogP contribution in [-0.4, -0.2) is 31.3 Å². The lowest BCUT2D eigenvalue weighted by Crippen LogP contribution is -2.11. The van der Waals surface area contributed by atoms with Gasteiger partial charge < -0.3 is 4.90 Å². The third-order valence-corrected chi connectivity index (χ3v) is 3.89. The molecule has 2 rings (SSSR count). The second kappa shape index (κ2) is 7.26. The minimum absolute atomic E-state index is 0.925. The van der Waals surface area contributed by atoms with Gasteiger partial charge in [-0.3, -0.25) is 4.99 Å². The van der Waals surface area contributed by atoms with Crippen molar-refractivity contribution in [3.63, 3.8) is 0 Å². The van der Waals surface area contributed by atoms with E-state index in [1.165, 1.54) is 28.8 Å². The van der Waals surface area contributed by atoms with Gasteiger partial charge in [0.05, 0.1) is 0 Å². The number of unbranched alkanes of at least 4 members (excludes halogenated alkanes) is 1. The van der Waals surface area contributed by atoms with E-state index < -0.39 is 0 Å².